The first kappa shape index (κ1) is 26.5. The van der Waals surface area contributed by atoms with Gasteiger partial charge in [0.2, 0.25) is 0 Å². The lowest BCUT2D eigenvalue weighted by molar-refractivity contribution is 0.570. The van der Waals surface area contributed by atoms with E-state index in [2.05, 4.69) is 132 Å². The van der Waals surface area contributed by atoms with E-state index >= 15 is 0 Å². The lowest BCUT2D eigenvalue weighted by Crippen LogP contribution is -2.14. The molecule has 4 heteroatoms. The topological polar surface area (TPSA) is 43.9 Å². The zero-order valence-corrected chi connectivity index (χ0v) is 25.5. The molecule has 3 heterocycles. The highest BCUT2D eigenvalue weighted by molar-refractivity contribution is 6.13. The van der Waals surface area contributed by atoms with Crippen molar-refractivity contribution >= 4 is 43.7 Å². The molecule has 0 N–H and O–H groups in total. The van der Waals surface area contributed by atoms with Gasteiger partial charge < -0.3 is 4.42 Å². The van der Waals surface area contributed by atoms with Gasteiger partial charge in [0.05, 0.1) is 23.0 Å². The summed E-state index contributed by atoms with van der Waals surface area (Å²) in [6, 6.07) is 28.2. The predicted molar refractivity (Wildman–Crippen MR) is 176 cm³/mol. The van der Waals surface area contributed by atoms with Gasteiger partial charge in [-0.3, -0.25) is 9.55 Å². The molecule has 0 saturated heterocycles. The van der Waals surface area contributed by atoms with Crippen molar-refractivity contribution in [2.45, 2.75) is 65.7 Å². The van der Waals surface area contributed by atoms with Crippen molar-refractivity contribution in [1.82, 2.24) is 14.5 Å². The van der Waals surface area contributed by atoms with E-state index in [9.17, 15) is 0 Å². The van der Waals surface area contributed by atoms with Crippen LogP contribution >= 0.6 is 0 Å². The number of furan rings is 1. The van der Waals surface area contributed by atoms with Gasteiger partial charge in [0.1, 0.15) is 22.5 Å². The van der Waals surface area contributed by atoms with Crippen LogP contribution < -0.4 is 0 Å². The van der Waals surface area contributed by atoms with Gasteiger partial charge in [0.15, 0.2) is 0 Å². The molecule has 0 saturated carbocycles. The number of benzene rings is 4. The number of hydrogen-bond donors (Lipinski definition) is 0. The highest BCUT2D eigenvalue weighted by Crippen LogP contribution is 2.42. The molecule has 0 amide bonds. The van der Waals surface area contributed by atoms with E-state index < -0.39 is 0 Å². The van der Waals surface area contributed by atoms with Gasteiger partial charge >= 0.3 is 0 Å². The summed E-state index contributed by atoms with van der Waals surface area (Å²) in [6.45, 7) is 15.7. The fraction of sp³-hybridized carbons (Fsp3) is 0.263. The number of hydrogen-bond acceptors (Lipinski definition) is 3. The molecule has 4 nitrogen and oxygen atoms in total. The van der Waals surface area contributed by atoms with Gasteiger partial charge in [-0.1, -0.05) is 103 Å². The Morgan fingerprint density at radius 3 is 2.07 bits per heavy atom. The Kier molecular flexibility index (Phi) is 6.02. The molecule has 7 rings (SSSR count). The zero-order chi connectivity index (χ0) is 29.3. The second kappa shape index (κ2) is 9.55. The highest BCUT2D eigenvalue weighted by Gasteiger charge is 2.26. The number of aromatic nitrogens is 3. The Morgan fingerprint density at radius 2 is 1.40 bits per heavy atom. The molecule has 210 valence electrons. The van der Waals surface area contributed by atoms with Crippen LogP contribution in [0.15, 0.2) is 89.5 Å². The molecule has 0 aliphatic carbocycles. The number of pyridine rings is 1. The molecule has 0 spiro atoms. The van der Waals surface area contributed by atoms with E-state index in [1.54, 1.807) is 0 Å². The normalized spacial score (nSPS) is 12.6. The summed E-state index contributed by atoms with van der Waals surface area (Å²) in [6.07, 6.45) is 1.94. The third-order valence-electron chi connectivity index (χ3n) is 8.48. The number of nitrogens with zero attached hydrogens (tertiary/aromatic N) is 3. The van der Waals surface area contributed by atoms with Crippen molar-refractivity contribution in [3.8, 4) is 17.1 Å². The molecule has 0 radical (unpaired) electrons. The summed E-state index contributed by atoms with van der Waals surface area (Å²) >= 11 is 0. The maximum absolute atomic E-state index is 6.70. The second-order valence-electron chi connectivity index (χ2n) is 13.2. The first-order valence-electron chi connectivity index (χ1n) is 15.0. The molecular formula is C38H37N3O. The minimum atomic E-state index is -0.0946. The van der Waals surface area contributed by atoms with Gasteiger partial charge in [-0.05, 0) is 58.0 Å². The van der Waals surface area contributed by atoms with Crippen LogP contribution in [-0.2, 0) is 5.41 Å². The van der Waals surface area contributed by atoms with Crippen molar-refractivity contribution in [2.24, 2.45) is 0 Å². The average molecular weight is 552 g/mol. The highest BCUT2D eigenvalue weighted by atomic mass is 16.3. The monoisotopic (exact) mass is 551 g/mol. The number of para-hydroxylation sites is 2. The average Bonchev–Trinajstić information content (AvgIpc) is 3.52. The third-order valence-corrected chi connectivity index (χ3v) is 8.48. The standard InChI is InChI=1S/C38H37N3O/c1-22(2)26-14-10-15-27(23(3)4)35(26)41-32-20-34(38(5,6)7)39-21-31(32)40-37(41)29-17-11-16-28-30-18-24-12-8-9-13-25(24)19-33(30)42-36(28)29/h8-23H,1-7H3. The fourth-order valence-corrected chi connectivity index (χ4v) is 6.23. The van der Waals surface area contributed by atoms with Gasteiger partial charge in [-0.25, -0.2) is 4.98 Å². The molecule has 0 unspecified atom stereocenters. The summed E-state index contributed by atoms with van der Waals surface area (Å²) in [7, 11) is 0. The van der Waals surface area contributed by atoms with Crippen LogP contribution in [0.3, 0.4) is 0 Å². The smallest absolute Gasteiger partial charge is 0.149 e. The predicted octanol–water partition coefficient (Wildman–Crippen LogP) is 10.7. The number of imidazole rings is 1. The molecule has 3 aromatic heterocycles. The number of rotatable bonds is 4. The van der Waals surface area contributed by atoms with Gasteiger partial charge in [0.25, 0.3) is 0 Å². The molecule has 0 bridgehead atoms. The lowest BCUT2D eigenvalue weighted by Gasteiger charge is -2.23. The zero-order valence-electron chi connectivity index (χ0n) is 25.5. The maximum atomic E-state index is 6.70. The molecule has 0 fully saturated rings. The largest absolute Gasteiger partial charge is 0.455 e. The summed E-state index contributed by atoms with van der Waals surface area (Å²) in [4.78, 5) is 10.2. The quantitative estimate of drug-likeness (QED) is 0.218. The van der Waals surface area contributed by atoms with Crippen molar-refractivity contribution in [3.63, 3.8) is 0 Å². The van der Waals surface area contributed by atoms with Crippen LogP contribution in [0.2, 0.25) is 0 Å². The van der Waals surface area contributed by atoms with Crippen molar-refractivity contribution in [2.75, 3.05) is 0 Å². The Balaban J connectivity index is 1.62. The first-order valence-corrected chi connectivity index (χ1v) is 15.0. The molecule has 7 aromatic rings. The molecule has 0 atom stereocenters. The second-order valence-corrected chi connectivity index (χ2v) is 13.2. The third kappa shape index (κ3) is 4.12. The van der Waals surface area contributed by atoms with Gasteiger partial charge in [-0.15, -0.1) is 0 Å². The van der Waals surface area contributed by atoms with E-state index in [4.69, 9.17) is 14.4 Å². The van der Waals surface area contributed by atoms with Crippen LogP contribution in [0.1, 0.15) is 77.1 Å². The van der Waals surface area contributed by atoms with Crippen molar-refractivity contribution < 1.29 is 4.42 Å². The van der Waals surface area contributed by atoms with Crippen LogP contribution in [0.25, 0.3) is 60.8 Å². The Hall–Kier alpha value is -4.44. The fourth-order valence-electron chi connectivity index (χ4n) is 6.23. The van der Waals surface area contributed by atoms with E-state index in [0.717, 1.165) is 50.1 Å². The van der Waals surface area contributed by atoms with Gasteiger partial charge in [-0.2, -0.15) is 0 Å². The molecular weight excluding hydrogens is 514 g/mol. The molecule has 0 aliphatic rings. The Morgan fingerprint density at radius 1 is 0.738 bits per heavy atom. The van der Waals surface area contributed by atoms with Crippen LogP contribution in [0.4, 0.5) is 0 Å². The molecule has 4 aromatic carbocycles. The van der Waals surface area contributed by atoms with E-state index in [0.29, 0.717) is 11.8 Å². The van der Waals surface area contributed by atoms with E-state index in [1.165, 1.54) is 27.6 Å². The first-order chi connectivity index (χ1) is 20.1. The van der Waals surface area contributed by atoms with Crippen molar-refractivity contribution in [1.29, 1.82) is 0 Å². The summed E-state index contributed by atoms with van der Waals surface area (Å²) in [5.41, 5.74) is 9.45. The van der Waals surface area contributed by atoms with E-state index in [-0.39, 0.29) is 5.41 Å². The maximum Gasteiger partial charge on any atom is 0.149 e. The van der Waals surface area contributed by atoms with Gasteiger partial charge in [0, 0.05) is 21.9 Å². The van der Waals surface area contributed by atoms with Crippen molar-refractivity contribution in [3.05, 3.63) is 102 Å². The molecule has 0 aliphatic heterocycles. The Labute approximate surface area is 247 Å². The minimum Gasteiger partial charge on any atom is -0.455 e. The lowest BCUT2D eigenvalue weighted by atomic mass is 9.91. The van der Waals surface area contributed by atoms with Crippen LogP contribution in [0, 0.1) is 0 Å². The molecule has 42 heavy (non-hydrogen) atoms. The van der Waals surface area contributed by atoms with E-state index in [1.807, 2.05) is 6.20 Å². The summed E-state index contributed by atoms with van der Waals surface area (Å²) < 4.78 is 9.08. The Bertz CT molecular complexity index is 2110. The summed E-state index contributed by atoms with van der Waals surface area (Å²) in [5.74, 6) is 1.55. The van der Waals surface area contributed by atoms with Crippen LogP contribution in [0.5, 0.6) is 0 Å². The summed E-state index contributed by atoms with van der Waals surface area (Å²) in [5, 5.41) is 4.60. The number of fused-ring (bicyclic) bond motifs is 5. The minimum absolute atomic E-state index is 0.0946. The SMILES string of the molecule is CC(C)c1cccc(C(C)C)c1-n1c(-c2cccc3c2oc2cc4ccccc4cc23)nc2cnc(C(C)(C)C)cc21. The van der Waals surface area contributed by atoms with Crippen LogP contribution in [-0.4, -0.2) is 14.5 Å².